The van der Waals surface area contributed by atoms with Crippen LogP contribution in [0.1, 0.15) is 36.8 Å². The van der Waals surface area contributed by atoms with Gasteiger partial charge in [0.25, 0.3) is 0 Å². The molecule has 24 heavy (non-hydrogen) atoms. The molecule has 0 spiro atoms. The number of hydrogen-bond donors (Lipinski definition) is 1. The lowest BCUT2D eigenvalue weighted by molar-refractivity contribution is -0.119. The summed E-state index contributed by atoms with van der Waals surface area (Å²) in [6.45, 7) is 0. The molecule has 0 fully saturated rings. The maximum Gasteiger partial charge on any atom is 0.169 e. The van der Waals surface area contributed by atoms with Crippen molar-refractivity contribution >= 4 is 5.78 Å². The lowest BCUT2D eigenvalue weighted by atomic mass is 10.0. The fraction of sp³-hybridized carbons (Fsp3) is 0.350. The van der Waals surface area contributed by atoms with Gasteiger partial charge in [0.05, 0.1) is 7.11 Å². The van der Waals surface area contributed by atoms with E-state index in [1.165, 1.54) is 0 Å². The standard InChI is InChI=1S/C20H22O4/c1-23-18-11-8-14-4-2-3-5-16(21)9-6-15-7-10-17(22)19(12-15)24-20(18)13-14/h7-8,10-13,22H,2-6,9H2,1H3. The third-order valence-corrected chi connectivity index (χ3v) is 4.34. The molecule has 4 heteroatoms. The molecule has 1 aliphatic heterocycles. The van der Waals surface area contributed by atoms with Gasteiger partial charge in [-0.05, 0) is 61.1 Å². The van der Waals surface area contributed by atoms with Crippen molar-refractivity contribution in [1.82, 2.24) is 0 Å². The van der Waals surface area contributed by atoms with Crippen LogP contribution in [-0.2, 0) is 17.6 Å². The summed E-state index contributed by atoms with van der Waals surface area (Å²) in [5.41, 5.74) is 2.11. The summed E-state index contributed by atoms with van der Waals surface area (Å²) in [6.07, 6.45) is 4.57. The van der Waals surface area contributed by atoms with E-state index in [0.717, 1.165) is 30.4 Å². The maximum atomic E-state index is 12.0. The van der Waals surface area contributed by atoms with E-state index in [0.29, 0.717) is 36.5 Å². The first-order valence-corrected chi connectivity index (χ1v) is 8.34. The van der Waals surface area contributed by atoms with Crippen LogP contribution in [0, 0.1) is 0 Å². The molecule has 2 aromatic rings. The van der Waals surface area contributed by atoms with Crippen LogP contribution in [-0.4, -0.2) is 18.0 Å². The number of carbonyl (C=O) groups is 1. The maximum absolute atomic E-state index is 12.0. The summed E-state index contributed by atoms with van der Waals surface area (Å²) in [6, 6.07) is 11.1. The first-order valence-electron chi connectivity index (χ1n) is 8.34. The monoisotopic (exact) mass is 326 g/mol. The van der Waals surface area contributed by atoms with E-state index in [-0.39, 0.29) is 11.5 Å². The highest BCUT2D eigenvalue weighted by atomic mass is 16.5. The fourth-order valence-corrected chi connectivity index (χ4v) is 2.93. The number of fused-ring (bicyclic) bond motifs is 4. The Morgan fingerprint density at radius 2 is 1.62 bits per heavy atom. The van der Waals surface area contributed by atoms with Crippen molar-refractivity contribution in [2.75, 3.05) is 7.11 Å². The molecule has 0 saturated carbocycles. The Balaban J connectivity index is 1.98. The molecule has 1 heterocycles. The smallest absolute Gasteiger partial charge is 0.169 e. The molecule has 4 nitrogen and oxygen atoms in total. The Morgan fingerprint density at radius 1 is 0.917 bits per heavy atom. The Morgan fingerprint density at radius 3 is 2.46 bits per heavy atom. The summed E-state index contributed by atoms with van der Waals surface area (Å²) >= 11 is 0. The average molecular weight is 326 g/mol. The van der Waals surface area contributed by atoms with Crippen molar-refractivity contribution in [2.24, 2.45) is 0 Å². The molecule has 1 N–H and O–H groups in total. The van der Waals surface area contributed by atoms with Crippen LogP contribution in [0.15, 0.2) is 36.4 Å². The number of phenolic OH excluding ortho intramolecular Hbond substituents is 1. The van der Waals surface area contributed by atoms with Crippen molar-refractivity contribution in [1.29, 1.82) is 0 Å². The lowest BCUT2D eigenvalue weighted by Crippen LogP contribution is -2.02. The van der Waals surface area contributed by atoms with Crippen LogP contribution in [0.25, 0.3) is 0 Å². The van der Waals surface area contributed by atoms with Crippen molar-refractivity contribution in [3.05, 3.63) is 47.5 Å². The van der Waals surface area contributed by atoms with Gasteiger partial charge in [-0.15, -0.1) is 0 Å². The Bertz CT molecular complexity index is 736. The van der Waals surface area contributed by atoms with Crippen LogP contribution in [0.3, 0.4) is 0 Å². The molecule has 2 aromatic carbocycles. The first-order chi connectivity index (χ1) is 11.7. The van der Waals surface area contributed by atoms with E-state index in [1.54, 1.807) is 19.2 Å². The Hall–Kier alpha value is -2.49. The van der Waals surface area contributed by atoms with E-state index in [4.69, 9.17) is 9.47 Å². The SMILES string of the molecule is COc1ccc2cc1Oc1cc(ccc1O)CCC(=O)CCCC2. The molecule has 0 aliphatic carbocycles. The molecule has 0 radical (unpaired) electrons. The van der Waals surface area contributed by atoms with Crippen molar-refractivity contribution < 1.29 is 19.4 Å². The lowest BCUT2D eigenvalue weighted by Gasteiger charge is -2.14. The molecule has 1 aliphatic rings. The topological polar surface area (TPSA) is 55.8 Å². The summed E-state index contributed by atoms with van der Waals surface area (Å²) < 4.78 is 11.3. The zero-order valence-electron chi connectivity index (χ0n) is 13.9. The Labute approximate surface area is 142 Å². The summed E-state index contributed by atoms with van der Waals surface area (Å²) in [5.74, 6) is 1.97. The highest BCUT2D eigenvalue weighted by Gasteiger charge is 2.13. The summed E-state index contributed by atoms with van der Waals surface area (Å²) in [7, 11) is 1.60. The van der Waals surface area contributed by atoms with Crippen LogP contribution < -0.4 is 9.47 Å². The highest BCUT2D eigenvalue weighted by molar-refractivity contribution is 5.78. The molecule has 126 valence electrons. The minimum atomic E-state index is 0.0737. The van der Waals surface area contributed by atoms with E-state index in [2.05, 4.69) is 0 Å². The van der Waals surface area contributed by atoms with Crippen molar-refractivity contribution in [2.45, 2.75) is 38.5 Å². The zero-order chi connectivity index (χ0) is 16.9. The van der Waals surface area contributed by atoms with Gasteiger partial charge < -0.3 is 14.6 Å². The van der Waals surface area contributed by atoms with Crippen molar-refractivity contribution in [3.63, 3.8) is 0 Å². The minimum absolute atomic E-state index is 0.0737. The van der Waals surface area contributed by atoms with Gasteiger partial charge in [-0.25, -0.2) is 0 Å². The van der Waals surface area contributed by atoms with Crippen LogP contribution in [0.4, 0.5) is 0 Å². The van der Waals surface area contributed by atoms with Gasteiger partial charge in [0, 0.05) is 12.8 Å². The Kier molecular flexibility index (Phi) is 5.04. The first kappa shape index (κ1) is 16.4. The quantitative estimate of drug-likeness (QED) is 0.843. The molecule has 4 bridgehead atoms. The van der Waals surface area contributed by atoms with Crippen LogP contribution >= 0.6 is 0 Å². The molecule has 0 unspecified atom stereocenters. The second kappa shape index (κ2) is 7.39. The number of Topliss-reactive ketones (excluding diaryl/α,β-unsaturated/α-hetero) is 1. The number of methoxy groups -OCH3 is 1. The summed E-state index contributed by atoms with van der Waals surface area (Å²) in [4.78, 5) is 12.0. The predicted molar refractivity (Wildman–Crippen MR) is 92.1 cm³/mol. The van der Waals surface area contributed by atoms with Gasteiger partial charge in [-0.1, -0.05) is 12.1 Å². The number of phenols is 1. The molecule has 0 atom stereocenters. The number of ether oxygens (including phenoxy) is 2. The van der Waals surface area contributed by atoms with Gasteiger partial charge in [-0.2, -0.15) is 0 Å². The summed E-state index contributed by atoms with van der Waals surface area (Å²) in [5, 5.41) is 10.1. The molecule has 0 aromatic heterocycles. The van der Waals surface area contributed by atoms with E-state index in [9.17, 15) is 9.90 Å². The van der Waals surface area contributed by atoms with E-state index < -0.39 is 0 Å². The van der Waals surface area contributed by atoms with Gasteiger partial charge in [0.15, 0.2) is 23.0 Å². The number of rotatable bonds is 1. The number of hydrogen-bond acceptors (Lipinski definition) is 4. The number of benzene rings is 2. The molecule has 0 amide bonds. The van der Waals surface area contributed by atoms with Crippen LogP contribution in [0.2, 0.25) is 0 Å². The number of carbonyl (C=O) groups excluding carboxylic acids is 1. The van der Waals surface area contributed by atoms with E-state index in [1.807, 2.05) is 24.3 Å². The number of aryl methyl sites for hydroxylation is 2. The van der Waals surface area contributed by atoms with Gasteiger partial charge in [0.2, 0.25) is 0 Å². The second-order valence-corrected chi connectivity index (χ2v) is 6.14. The third kappa shape index (κ3) is 3.88. The van der Waals surface area contributed by atoms with Gasteiger partial charge in [-0.3, -0.25) is 4.79 Å². The largest absolute Gasteiger partial charge is 0.504 e. The molecular weight excluding hydrogens is 304 g/mol. The zero-order valence-corrected chi connectivity index (χ0v) is 13.9. The van der Waals surface area contributed by atoms with E-state index >= 15 is 0 Å². The fourth-order valence-electron chi connectivity index (χ4n) is 2.93. The second-order valence-electron chi connectivity index (χ2n) is 6.14. The molecule has 3 rings (SSSR count). The van der Waals surface area contributed by atoms with Gasteiger partial charge >= 0.3 is 0 Å². The molecule has 0 saturated heterocycles. The third-order valence-electron chi connectivity index (χ3n) is 4.34. The van der Waals surface area contributed by atoms with Crippen LogP contribution in [0.5, 0.6) is 23.0 Å². The average Bonchev–Trinajstić information content (AvgIpc) is 2.59. The van der Waals surface area contributed by atoms with Crippen molar-refractivity contribution in [3.8, 4) is 23.0 Å². The number of ketones is 1. The normalized spacial score (nSPS) is 15.3. The minimum Gasteiger partial charge on any atom is -0.504 e. The highest BCUT2D eigenvalue weighted by Crippen LogP contribution is 2.37. The number of aromatic hydroxyl groups is 1. The van der Waals surface area contributed by atoms with Gasteiger partial charge in [0.1, 0.15) is 5.78 Å². The predicted octanol–water partition coefficient (Wildman–Crippen LogP) is 4.42. The molecular formula is C20H22O4.